The van der Waals surface area contributed by atoms with Crippen molar-refractivity contribution in [2.24, 2.45) is 5.73 Å². The number of methoxy groups -OCH3 is 2. The van der Waals surface area contributed by atoms with E-state index in [1.54, 1.807) is 25.3 Å². The minimum Gasteiger partial charge on any atom is -0.497 e. The maximum absolute atomic E-state index is 11.1. The van der Waals surface area contributed by atoms with Crippen LogP contribution >= 0.6 is 11.6 Å². The van der Waals surface area contributed by atoms with E-state index >= 15 is 0 Å². The highest BCUT2D eigenvalue weighted by Gasteiger charge is 2.15. The smallest absolute Gasteiger partial charge is 0.307 e. The standard InChI is InChI=1S/C11H14ClNO3/c1-15-7-3-4-8(9(12)5-7)10(13)6-11(14)16-2/h3-5,10H,6,13H2,1-2H3/t10-/m1/s1. The Morgan fingerprint density at radius 3 is 2.69 bits per heavy atom. The van der Waals surface area contributed by atoms with Gasteiger partial charge in [0.05, 0.1) is 20.6 Å². The zero-order valence-corrected chi connectivity index (χ0v) is 9.95. The first-order chi connectivity index (χ1) is 7.58. The number of carbonyl (C=O) groups is 1. The normalized spacial score (nSPS) is 12.0. The van der Waals surface area contributed by atoms with Gasteiger partial charge in [0.1, 0.15) is 5.75 Å². The third kappa shape index (κ3) is 3.12. The Morgan fingerprint density at radius 2 is 2.19 bits per heavy atom. The summed E-state index contributed by atoms with van der Waals surface area (Å²) < 4.78 is 9.56. The van der Waals surface area contributed by atoms with Gasteiger partial charge in [0.25, 0.3) is 0 Å². The summed E-state index contributed by atoms with van der Waals surface area (Å²) in [6, 6.07) is 4.69. The summed E-state index contributed by atoms with van der Waals surface area (Å²) >= 11 is 6.02. The molecule has 4 nitrogen and oxygen atoms in total. The molecule has 0 heterocycles. The predicted molar refractivity (Wildman–Crippen MR) is 61.6 cm³/mol. The molecule has 5 heteroatoms. The number of benzene rings is 1. The topological polar surface area (TPSA) is 61.5 Å². The number of nitrogens with two attached hydrogens (primary N) is 1. The Kier molecular flexibility index (Phi) is 4.58. The van der Waals surface area contributed by atoms with Crippen LogP contribution in [-0.4, -0.2) is 20.2 Å². The van der Waals surface area contributed by atoms with E-state index in [-0.39, 0.29) is 12.4 Å². The molecule has 0 aliphatic rings. The van der Waals surface area contributed by atoms with Crippen LogP contribution in [0.25, 0.3) is 0 Å². The summed E-state index contributed by atoms with van der Waals surface area (Å²) in [5.41, 5.74) is 6.54. The predicted octanol–water partition coefficient (Wildman–Crippen LogP) is 1.91. The second-order valence-corrected chi connectivity index (χ2v) is 3.68. The van der Waals surface area contributed by atoms with E-state index in [9.17, 15) is 4.79 Å². The van der Waals surface area contributed by atoms with E-state index in [4.69, 9.17) is 22.1 Å². The minimum atomic E-state index is -0.467. The Bertz CT molecular complexity index is 381. The molecule has 16 heavy (non-hydrogen) atoms. The highest BCUT2D eigenvalue weighted by atomic mass is 35.5. The molecule has 0 amide bonds. The number of carbonyl (C=O) groups excluding carboxylic acids is 1. The largest absolute Gasteiger partial charge is 0.497 e. The number of esters is 1. The van der Waals surface area contributed by atoms with Crippen molar-refractivity contribution in [1.82, 2.24) is 0 Å². The number of rotatable bonds is 4. The molecular weight excluding hydrogens is 230 g/mol. The summed E-state index contributed by atoms with van der Waals surface area (Å²) in [7, 11) is 2.88. The zero-order valence-electron chi connectivity index (χ0n) is 9.20. The highest BCUT2D eigenvalue weighted by molar-refractivity contribution is 6.31. The van der Waals surface area contributed by atoms with Crippen molar-refractivity contribution in [3.05, 3.63) is 28.8 Å². The van der Waals surface area contributed by atoms with Crippen LogP contribution < -0.4 is 10.5 Å². The molecular formula is C11H14ClNO3. The lowest BCUT2D eigenvalue weighted by Gasteiger charge is -2.13. The average Bonchev–Trinajstić information content (AvgIpc) is 2.28. The van der Waals surface area contributed by atoms with Gasteiger partial charge in [-0.3, -0.25) is 4.79 Å². The van der Waals surface area contributed by atoms with Gasteiger partial charge in [-0.25, -0.2) is 0 Å². The van der Waals surface area contributed by atoms with Gasteiger partial charge in [0, 0.05) is 11.1 Å². The first-order valence-electron chi connectivity index (χ1n) is 4.74. The zero-order chi connectivity index (χ0) is 12.1. The monoisotopic (exact) mass is 243 g/mol. The van der Waals surface area contributed by atoms with Gasteiger partial charge in [0.2, 0.25) is 0 Å². The SMILES string of the molecule is COC(=O)C[C@@H](N)c1ccc(OC)cc1Cl. The van der Waals surface area contributed by atoms with Gasteiger partial charge in [-0.05, 0) is 17.7 Å². The average molecular weight is 244 g/mol. The molecule has 2 N–H and O–H groups in total. The van der Waals surface area contributed by atoms with Crippen molar-refractivity contribution in [3.8, 4) is 5.75 Å². The van der Waals surface area contributed by atoms with E-state index in [2.05, 4.69) is 4.74 Å². The molecule has 0 bridgehead atoms. The third-order valence-electron chi connectivity index (χ3n) is 2.22. The van der Waals surface area contributed by atoms with E-state index < -0.39 is 6.04 Å². The van der Waals surface area contributed by atoms with Crippen LogP contribution in [0.15, 0.2) is 18.2 Å². The number of hydrogen-bond acceptors (Lipinski definition) is 4. The van der Waals surface area contributed by atoms with Crippen molar-refractivity contribution in [2.45, 2.75) is 12.5 Å². The van der Waals surface area contributed by atoms with Crippen LogP contribution in [0.1, 0.15) is 18.0 Å². The molecule has 1 aromatic rings. The second-order valence-electron chi connectivity index (χ2n) is 3.27. The van der Waals surface area contributed by atoms with Crippen molar-refractivity contribution >= 4 is 17.6 Å². The minimum absolute atomic E-state index is 0.0998. The number of hydrogen-bond donors (Lipinski definition) is 1. The number of halogens is 1. The fraction of sp³-hybridized carbons (Fsp3) is 0.364. The summed E-state index contributed by atoms with van der Waals surface area (Å²) in [6.45, 7) is 0. The van der Waals surface area contributed by atoms with Gasteiger partial charge < -0.3 is 15.2 Å². The fourth-order valence-corrected chi connectivity index (χ4v) is 1.62. The lowest BCUT2D eigenvalue weighted by molar-refractivity contribution is -0.141. The first kappa shape index (κ1) is 12.8. The lowest BCUT2D eigenvalue weighted by atomic mass is 10.0. The van der Waals surface area contributed by atoms with Gasteiger partial charge >= 0.3 is 5.97 Å². The van der Waals surface area contributed by atoms with E-state index in [1.165, 1.54) is 7.11 Å². The summed E-state index contributed by atoms with van der Waals surface area (Å²) in [5, 5.41) is 0.482. The molecule has 0 aliphatic carbocycles. The summed E-state index contributed by atoms with van der Waals surface area (Å²) in [4.78, 5) is 11.1. The number of ether oxygens (including phenoxy) is 2. The summed E-state index contributed by atoms with van der Waals surface area (Å²) in [6.07, 6.45) is 0.0998. The molecule has 0 saturated heterocycles. The highest BCUT2D eigenvalue weighted by Crippen LogP contribution is 2.27. The molecule has 0 unspecified atom stereocenters. The van der Waals surface area contributed by atoms with Crippen molar-refractivity contribution in [1.29, 1.82) is 0 Å². The van der Waals surface area contributed by atoms with Gasteiger partial charge in [-0.2, -0.15) is 0 Å². The maximum atomic E-state index is 11.1. The van der Waals surface area contributed by atoms with Crippen LogP contribution in [0.4, 0.5) is 0 Å². The maximum Gasteiger partial charge on any atom is 0.307 e. The second kappa shape index (κ2) is 5.72. The molecule has 1 atom stereocenters. The molecule has 0 spiro atoms. The van der Waals surface area contributed by atoms with Gasteiger partial charge in [0.15, 0.2) is 0 Å². The van der Waals surface area contributed by atoms with Gasteiger partial charge in [-0.1, -0.05) is 17.7 Å². The van der Waals surface area contributed by atoms with E-state index in [0.717, 1.165) is 0 Å². The molecule has 0 aliphatic heterocycles. The van der Waals surface area contributed by atoms with Crippen LogP contribution in [0.2, 0.25) is 5.02 Å². The molecule has 0 fully saturated rings. The quantitative estimate of drug-likeness (QED) is 0.821. The summed E-state index contributed by atoms with van der Waals surface area (Å²) in [5.74, 6) is 0.290. The Labute approximate surface area is 99.3 Å². The molecule has 88 valence electrons. The van der Waals surface area contributed by atoms with Gasteiger partial charge in [-0.15, -0.1) is 0 Å². The van der Waals surface area contributed by atoms with Crippen LogP contribution in [0, 0.1) is 0 Å². The first-order valence-corrected chi connectivity index (χ1v) is 5.12. The molecule has 1 aromatic carbocycles. The fourth-order valence-electron chi connectivity index (χ4n) is 1.31. The van der Waals surface area contributed by atoms with Crippen LogP contribution in [0.5, 0.6) is 5.75 Å². The van der Waals surface area contributed by atoms with Crippen molar-refractivity contribution in [2.75, 3.05) is 14.2 Å². The molecule has 0 saturated carbocycles. The van der Waals surface area contributed by atoms with E-state index in [1.807, 2.05) is 0 Å². The van der Waals surface area contributed by atoms with Crippen molar-refractivity contribution < 1.29 is 14.3 Å². The Morgan fingerprint density at radius 1 is 1.50 bits per heavy atom. The Hall–Kier alpha value is -1.26. The van der Waals surface area contributed by atoms with Crippen LogP contribution in [0.3, 0.4) is 0 Å². The van der Waals surface area contributed by atoms with E-state index in [0.29, 0.717) is 16.3 Å². The van der Waals surface area contributed by atoms with Crippen molar-refractivity contribution in [3.63, 3.8) is 0 Å². The lowest BCUT2D eigenvalue weighted by Crippen LogP contribution is -2.16. The Balaban J connectivity index is 2.83. The molecule has 0 radical (unpaired) electrons. The third-order valence-corrected chi connectivity index (χ3v) is 2.55. The molecule has 0 aromatic heterocycles. The van der Waals surface area contributed by atoms with Crippen LogP contribution in [-0.2, 0) is 9.53 Å². The molecule has 1 rings (SSSR count).